The van der Waals surface area contributed by atoms with Crippen molar-refractivity contribution in [1.29, 1.82) is 0 Å². The number of carbonyl (C=O) groups excluding carboxylic acids is 1. The molecule has 3 atom stereocenters. The van der Waals surface area contributed by atoms with E-state index in [1.807, 2.05) is 0 Å². The summed E-state index contributed by atoms with van der Waals surface area (Å²) in [6.45, 7) is 0. The number of pyridine rings is 1. The first-order valence-corrected chi connectivity index (χ1v) is 7.19. The second kappa shape index (κ2) is 5.00. The lowest BCUT2D eigenvalue weighted by Gasteiger charge is -2.22. The summed E-state index contributed by atoms with van der Waals surface area (Å²) < 4.78 is 0. The summed E-state index contributed by atoms with van der Waals surface area (Å²) in [6, 6.07) is 2.01. The average Bonchev–Trinajstić information content (AvgIpc) is 3.00. The van der Waals surface area contributed by atoms with E-state index in [2.05, 4.69) is 15.6 Å². The SMILES string of the molecule is CNc1ncc(C(=O)NC2CC3CCC2C3)cc1Cl. The molecule has 2 N–H and O–H groups in total. The molecule has 0 spiro atoms. The lowest BCUT2D eigenvalue weighted by atomic mass is 9.95. The molecule has 1 aromatic rings. The Bertz CT molecular complexity index is 505. The highest BCUT2D eigenvalue weighted by molar-refractivity contribution is 6.33. The van der Waals surface area contributed by atoms with Gasteiger partial charge in [-0.2, -0.15) is 0 Å². The van der Waals surface area contributed by atoms with Crippen molar-refractivity contribution in [3.8, 4) is 0 Å². The fourth-order valence-electron chi connectivity index (χ4n) is 3.42. The number of nitrogens with zero attached hydrogens (tertiary/aromatic N) is 1. The number of fused-ring (bicyclic) bond motifs is 2. The van der Waals surface area contributed by atoms with Crippen molar-refractivity contribution < 1.29 is 4.79 Å². The Morgan fingerprint density at radius 1 is 1.42 bits per heavy atom. The molecule has 0 aliphatic heterocycles. The van der Waals surface area contributed by atoms with E-state index >= 15 is 0 Å². The molecule has 0 saturated heterocycles. The van der Waals surface area contributed by atoms with E-state index in [4.69, 9.17) is 11.6 Å². The Morgan fingerprint density at radius 3 is 2.84 bits per heavy atom. The molecular formula is C14H18ClN3O. The molecule has 0 aromatic carbocycles. The third kappa shape index (κ3) is 2.41. The Balaban J connectivity index is 1.69. The van der Waals surface area contributed by atoms with Gasteiger partial charge in [-0.05, 0) is 37.2 Å². The van der Waals surface area contributed by atoms with Crippen molar-refractivity contribution in [3.05, 3.63) is 22.8 Å². The molecule has 102 valence electrons. The van der Waals surface area contributed by atoms with Gasteiger partial charge < -0.3 is 10.6 Å². The first-order chi connectivity index (χ1) is 9.17. The number of halogens is 1. The van der Waals surface area contributed by atoms with Gasteiger partial charge in [0.1, 0.15) is 5.82 Å². The first-order valence-electron chi connectivity index (χ1n) is 6.81. The van der Waals surface area contributed by atoms with Crippen LogP contribution in [-0.2, 0) is 0 Å². The van der Waals surface area contributed by atoms with E-state index in [1.165, 1.54) is 19.3 Å². The van der Waals surface area contributed by atoms with Gasteiger partial charge in [-0.1, -0.05) is 18.0 Å². The van der Waals surface area contributed by atoms with Crippen molar-refractivity contribution >= 4 is 23.3 Å². The largest absolute Gasteiger partial charge is 0.372 e. The van der Waals surface area contributed by atoms with Gasteiger partial charge in [0.05, 0.1) is 10.6 Å². The van der Waals surface area contributed by atoms with Crippen LogP contribution in [0.5, 0.6) is 0 Å². The lowest BCUT2D eigenvalue weighted by molar-refractivity contribution is 0.0922. The quantitative estimate of drug-likeness (QED) is 0.894. The molecule has 2 bridgehead atoms. The second-order valence-corrected chi connectivity index (χ2v) is 5.97. The molecule has 2 fully saturated rings. The molecule has 2 aliphatic rings. The van der Waals surface area contributed by atoms with Gasteiger partial charge in [-0.15, -0.1) is 0 Å². The van der Waals surface area contributed by atoms with E-state index in [-0.39, 0.29) is 5.91 Å². The summed E-state index contributed by atoms with van der Waals surface area (Å²) in [7, 11) is 1.75. The van der Waals surface area contributed by atoms with Crippen molar-refractivity contribution in [3.63, 3.8) is 0 Å². The predicted octanol–water partition coefficient (Wildman–Crippen LogP) is 2.70. The monoisotopic (exact) mass is 279 g/mol. The van der Waals surface area contributed by atoms with Crippen LogP contribution < -0.4 is 10.6 Å². The van der Waals surface area contributed by atoms with Crippen molar-refractivity contribution in [2.24, 2.45) is 11.8 Å². The highest BCUT2D eigenvalue weighted by Crippen LogP contribution is 2.44. The fraction of sp³-hybridized carbons (Fsp3) is 0.571. The molecule has 1 heterocycles. The van der Waals surface area contributed by atoms with Crippen molar-refractivity contribution in [2.75, 3.05) is 12.4 Å². The van der Waals surface area contributed by atoms with Crippen LogP contribution in [0.4, 0.5) is 5.82 Å². The van der Waals surface area contributed by atoms with Gasteiger partial charge in [0.2, 0.25) is 0 Å². The number of amides is 1. The van der Waals surface area contributed by atoms with Crippen LogP contribution in [-0.4, -0.2) is 24.0 Å². The molecule has 3 rings (SSSR count). The first kappa shape index (κ1) is 12.7. The molecule has 3 unspecified atom stereocenters. The summed E-state index contributed by atoms with van der Waals surface area (Å²) in [6.07, 6.45) is 6.57. The zero-order valence-corrected chi connectivity index (χ0v) is 11.7. The second-order valence-electron chi connectivity index (χ2n) is 5.56. The summed E-state index contributed by atoms with van der Waals surface area (Å²) in [5.74, 6) is 2.03. The number of nitrogens with one attached hydrogen (secondary N) is 2. The van der Waals surface area contributed by atoms with Gasteiger partial charge in [0.25, 0.3) is 5.91 Å². The van der Waals surface area contributed by atoms with E-state index in [9.17, 15) is 4.79 Å². The number of rotatable bonds is 3. The number of aromatic nitrogens is 1. The number of anilines is 1. The standard InChI is InChI=1S/C14H18ClN3O/c1-16-13-11(15)6-10(7-17-13)14(19)18-12-5-8-2-3-9(12)4-8/h6-9,12H,2-5H2,1H3,(H,16,17)(H,18,19). The van der Waals surface area contributed by atoms with Gasteiger partial charge in [0.15, 0.2) is 0 Å². The third-order valence-corrected chi connectivity index (χ3v) is 4.68. The van der Waals surface area contributed by atoms with Crippen LogP contribution in [0.2, 0.25) is 5.02 Å². The van der Waals surface area contributed by atoms with Crippen LogP contribution in [0.25, 0.3) is 0 Å². The molecule has 19 heavy (non-hydrogen) atoms. The molecule has 0 radical (unpaired) electrons. The minimum atomic E-state index is -0.0606. The zero-order chi connectivity index (χ0) is 13.4. The van der Waals surface area contributed by atoms with Crippen molar-refractivity contribution in [2.45, 2.75) is 31.7 Å². The lowest BCUT2D eigenvalue weighted by Crippen LogP contribution is -2.38. The third-order valence-electron chi connectivity index (χ3n) is 4.39. The van der Waals surface area contributed by atoms with Crippen LogP contribution >= 0.6 is 11.6 Å². The number of hydrogen-bond donors (Lipinski definition) is 2. The van der Waals surface area contributed by atoms with E-state index in [0.29, 0.717) is 28.4 Å². The van der Waals surface area contributed by atoms with E-state index < -0.39 is 0 Å². The Kier molecular flexibility index (Phi) is 3.35. The number of hydrogen-bond acceptors (Lipinski definition) is 3. The van der Waals surface area contributed by atoms with Crippen LogP contribution in [0.1, 0.15) is 36.0 Å². The molecule has 2 aliphatic carbocycles. The summed E-state index contributed by atoms with van der Waals surface area (Å²) in [4.78, 5) is 16.3. The van der Waals surface area contributed by atoms with Gasteiger partial charge in [-0.25, -0.2) is 4.98 Å². The molecule has 5 heteroatoms. The maximum absolute atomic E-state index is 12.2. The topological polar surface area (TPSA) is 54.0 Å². The molecule has 1 amide bonds. The molecular weight excluding hydrogens is 262 g/mol. The van der Waals surface area contributed by atoms with Crippen LogP contribution in [0, 0.1) is 11.8 Å². The Hall–Kier alpha value is -1.29. The minimum Gasteiger partial charge on any atom is -0.372 e. The van der Waals surface area contributed by atoms with Crippen LogP contribution in [0.15, 0.2) is 12.3 Å². The smallest absolute Gasteiger partial charge is 0.253 e. The van der Waals surface area contributed by atoms with Gasteiger partial charge >= 0.3 is 0 Å². The predicted molar refractivity (Wildman–Crippen MR) is 75.5 cm³/mol. The number of carbonyl (C=O) groups is 1. The summed E-state index contributed by atoms with van der Waals surface area (Å²) >= 11 is 6.05. The minimum absolute atomic E-state index is 0.0606. The van der Waals surface area contributed by atoms with Crippen LogP contribution in [0.3, 0.4) is 0 Å². The van der Waals surface area contributed by atoms with E-state index in [0.717, 1.165) is 12.3 Å². The zero-order valence-electron chi connectivity index (χ0n) is 10.9. The molecule has 4 nitrogen and oxygen atoms in total. The summed E-state index contributed by atoms with van der Waals surface area (Å²) in [5.41, 5.74) is 0.534. The molecule has 2 saturated carbocycles. The highest BCUT2D eigenvalue weighted by atomic mass is 35.5. The van der Waals surface area contributed by atoms with Gasteiger partial charge in [0, 0.05) is 19.3 Å². The maximum atomic E-state index is 12.2. The Labute approximate surface area is 117 Å². The van der Waals surface area contributed by atoms with Gasteiger partial charge in [-0.3, -0.25) is 4.79 Å². The normalized spacial score (nSPS) is 28.4. The van der Waals surface area contributed by atoms with Crippen molar-refractivity contribution in [1.82, 2.24) is 10.3 Å². The maximum Gasteiger partial charge on any atom is 0.253 e. The Morgan fingerprint density at radius 2 is 2.26 bits per heavy atom. The molecule has 1 aromatic heterocycles. The fourth-order valence-corrected chi connectivity index (χ4v) is 3.68. The van der Waals surface area contributed by atoms with E-state index in [1.54, 1.807) is 19.3 Å². The summed E-state index contributed by atoms with van der Waals surface area (Å²) in [5, 5.41) is 6.49. The highest BCUT2D eigenvalue weighted by Gasteiger charge is 2.40. The average molecular weight is 280 g/mol.